The molecule has 2 unspecified atom stereocenters. The van der Waals surface area contributed by atoms with Crippen LogP contribution >= 0.6 is 27.5 Å². The van der Waals surface area contributed by atoms with Gasteiger partial charge in [-0.1, -0.05) is 23.7 Å². The Bertz CT molecular complexity index is 903. The second-order valence-corrected chi connectivity index (χ2v) is 8.59. The Morgan fingerprint density at radius 3 is 2.57 bits per heavy atom. The standard InChI is InChI=1S/C19H21BrClN5O2/c1-26-11-6-7-12(26)9-10(8-11)22-19(28)16-15(20)17(25-24-16)23-18(27)13-4-2-3-5-14(13)21/h2-5,10-12H,6-9H2,1H3,(H,22,28)(H2,23,24,25,27). The molecule has 0 spiro atoms. The van der Waals surface area contributed by atoms with Gasteiger partial charge in [0, 0.05) is 18.1 Å². The van der Waals surface area contributed by atoms with Crippen molar-refractivity contribution in [2.75, 3.05) is 12.4 Å². The molecule has 3 N–H and O–H groups in total. The second kappa shape index (κ2) is 7.85. The first-order valence-corrected chi connectivity index (χ1v) is 10.4. The number of nitrogens with zero attached hydrogens (tertiary/aromatic N) is 2. The number of piperidine rings is 1. The van der Waals surface area contributed by atoms with Crippen LogP contribution in [-0.2, 0) is 0 Å². The molecule has 7 nitrogen and oxygen atoms in total. The Kier molecular flexibility index (Phi) is 5.44. The third-order valence-corrected chi connectivity index (χ3v) is 6.82. The summed E-state index contributed by atoms with van der Waals surface area (Å²) in [6, 6.07) is 7.98. The summed E-state index contributed by atoms with van der Waals surface area (Å²) < 4.78 is 0.418. The number of aromatic nitrogens is 2. The number of anilines is 1. The first-order chi connectivity index (χ1) is 13.4. The van der Waals surface area contributed by atoms with Crippen LogP contribution in [0.3, 0.4) is 0 Å². The van der Waals surface area contributed by atoms with E-state index in [1.807, 2.05) is 0 Å². The molecule has 2 aromatic rings. The maximum atomic E-state index is 12.7. The van der Waals surface area contributed by atoms with Crippen molar-refractivity contribution in [2.24, 2.45) is 0 Å². The van der Waals surface area contributed by atoms with Crippen LogP contribution in [0.2, 0.25) is 5.02 Å². The smallest absolute Gasteiger partial charge is 0.270 e. The highest BCUT2D eigenvalue weighted by Crippen LogP contribution is 2.34. The SMILES string of the molecule is CN1C2CCC1CC(NC(=O)c1[nH]nc(NC(=O)c3ccccc3Cl)c1Br)C2. The van der Waals surface area contributed by atoms with Gasteiger partial charge >= 0.3 is 0 Å². The van der Waals surface area contributed by atoms with E-state index >= 15 is 0 Å². The quantitative estimate of drug-likeness (QED) is 0.644. The molecule has 0 aliphatic carbocycles. The lowest BCUT2D eigenvalue weighted by molar-refractivity contribution is 0.0876. The minimum Gasteiger partial charge on any atom is -0.348 e. The molecule has 9 heteroatoms. The maximum absolute atomic E-state index is 12.7. The summed E-state index contributed by atoms with van der Waals surface area (Å²) in [6.45, 7) is 0. The number of amides is 2. The van der Waals surface area contributed by atoms with Gasteiger partial charge in [-0.3, -0.25) is 14.7 Å². The van der Waals surface area contributed by atoms with E-state index in [1.165, 1.54) is 12.8 Å². The van der Waals surface area contributed by atoms with Gasteiger partial charge in [-0.25, -0.2) is 0 Å². The van der Waals surface area contributed by atoms with Gasteiger partial charge < -0.3 is 15.5 Å². The minimum absolute atomic E-state index is 0.151. The van der Waals surface area contributed by atoms with E-state index in [0.717, 1.165) is 12.8 Å². The van der Waals surface area contributed by atoms with E-state index in [2.05, 4.69) is 48.7 Å². The van der Waals surface area contributed by atoms with Crippen molar-refractivity contribution in [3.8, 4) is 0 Å². The van der Waals surface area contributed by atoms with Gasteiger partial charge in [0.2, 0.25) is 0 Å². The Morgan fingerprint density at radius 2 is 1.89 bits per heavy atom. The molecule has 148 valence electrons. The van der Waals surface area contributed by atoms with Crippen molar-refractivity contribution in [2.45, 2.75) is 43.8 Å². The van der Waals surface area contributed by atoms with Gasteiger partial charge in [0.05, 0.1) is 15.1 Å². The van der Waals surface area contributed by atoms with E-state index in [-0.39, 0.29) is 17.8 Å². The first kappa shape index (κ1) is 19.4. The first-order valence-electron chi connectivity index (χ1n) is 9.26. The van der Waals surface area contributed by atoms with Crippen LogP contribution in [0.5, 0.6) is 0 Å². The predicted octanol–water partition coefficient (Wildman–Crippen LogP) is 3.43. The summed E-state index contributed by atoms with van der Waals surface area (Å²) in [5.74, 6) is -0.373. The van der Waals surface area contributed by atoms with Crippen LogP contribution in [0, 0.1) is 0 Å². The third kappa shape index (κ3) is 3.68. The molecule has 2 bridgehead atoms. The summed E-state index contributed by atoms with van der Waals surface area (Å²) >= 11 is 9.43. The third-order valence-electron chi connectivity index (χ3n) is 5.72. The average Bonchev–Trinajstić information content (AvgIpc) is 3.10. The monoisotopic (exact) mass is 465 g/mol. The van der Waals surface area contributed by atoms with Crippen molar-refractivity contribution in [3.05, 3.63) is 45.0 Å². The van der Waals surface area contributed by atoms with Crippen molar-refractivity contribution >= 4 is 45.2 Å². The lowest BCUT2D eigenvalue weighted by atomic mass is 9.98. The van der Waals surface area contributed by atoms with Crippen LogP contribution in [0.4, 0.5) is 5.82 Å². The molecular weight excluding hydrogens is 446 g/mol. The highest BCUT2D eigenvalue weighted by Gasteiger charge is 2.39. The molecule has 2 aliphatic heterocycles. The number of hydrogen-bond acceptors (Lipinski definition) is 4. The summed E-state index contributed by atoms with van der Waals surface area (Å²) in [5, 5.41) is 12.9. The second-order valence-electron chi connectivity index (χ2n) is 7.39. The van der Waals surface area contributed by atoms with Crippen molar-refractivity contribution in [3.63, 3.8) is 0 Å². The molecule has 2 amide bonds. The van der Waals surface area contributed by atoms with Crippen LogP contribution in [0.1, 0.15) is 46.5 Å². The number of aromatic amines is 1. The average molecular weight is 467 g/mol. The fourth-order valence-corrected chi connectivity index (χ4v) is 4.85. The van der Waals surface area contributed by atoms with Crippen LogP contribution in [-0.4, -0.2) is 52.1 Å². The molecule has 2 atom stereocenters. The molecule has 1 aromatic carbocycles. The zero-order valence-electron chi connectivity index (χ0n) is 15.3. The highest BCUT2D eigenvalue weighted by molar-refractivity contribution is 9.10. The zero-order chi connectivity index (χ0) is 19.8. The van der Waals surface area contributed by atoms with E-state index in [4.69, 9.17) is 11.6 Å². The minimum atomic E-state index is -0.392. The predicted molar refractivity (Wildman–Crippen MR) is 111 cm³/mol. The lowest BCUT2D eigenvalue weighted by Crippen LogP contribution is -2.48. The summed E-state index contributed by atoms with van der Waals surface area (Å²) in [6.07, 6.45) is 4.31. The number of carbonyl (C=O) groups excluding carboxylic acids is 2. The van der Waals surface area contributed by atoms with Gasteiger partial charge in [-0.2, -0.15) is 5.10 Å². The number of hydrogen-bond donors (Lipinski definition) is 3. The number of halogens is 2. The van der Waals surface area contributed by atoms with E-state index in [0.29, 0.717) is 32.8 Å². The molecule has 3 heterocycles. The number of rotatable bonds is 4. The van der Waals surface area contributed by atoms with E-state index in [1.54, 1.807) is 24.3 Å². The Labute approximate surface area is 176 Å². The molecular formula is C19H21BrClN5O2. The molecule has 4 rings (SSSR count). The van der Waals surface area contributed by atoms with Crippen LogP contribution in [0.25, 0.3) is 0 Å². The van der Waals surface area contributed by atoms with Gasteiger partial charge in [0.25, 0.3) is 11.8 Å². The fourth-order valence-electron chi connectivity index (χ4n) is 4.17. The zero-order valence-corrected chi connectivity index (χ0v) is 17.7. The van der Waals surface area contributed by atoms with Gasteiger partial charge in [0.1, 0.15) is 5.69 Å². The Hall–Kier alpha value is -1.90. The maximum Gasteiger partial charge on any atom is 0.270 e. The Morgan fingerprint density at radius 1 is 1.21 bits per heavy atom. The summed E-state index contributed by atoms with van der Waals surface area (Å²) in [4.78, 5) is 27.6. The van der Waals surface area contributed by atoms with E-state index in [9.17, 15) is 9.59 Å². The lowest BCUT2D eigenvalue weighted by Gasteiger charge is -2.36. The number of benzene rings is 1. The molecule has 0 radical (unpaired) electrons. The topological polar surface area (TPSA) is 90.1 Å². The highest BCUT2D eigenvalue weighted by atomic mass is 79.9. The normalized spacial score (nSPS) is 24.2. The molecule has 0 saturated carbocycles. The summed E-state index contributed by atoms with van der Waals surface area (Å²) in [7, 11) is 2.17. The molecule has 2 fully saturated rings. The molecule has 2 saturated heterocycles. The molecule has 2 aliphatic rings. The fraction of sp³-hybridized carbons (Fsp3) is 0.421. The number of carbonyl (C=O) groups is 2. The van der Waals surface area contributed by atoms with Gasteiger partial charge in [-0.05, 0) is 60.8 Å². The molecule has 1 aromatic heterocycles. The number of H-pyrrole nitrogens is 1. The van der Waals surface area contributed by atoms with Crippen LogP contribution < -0.4 is 10.6 Å². The number of fused-ring (bicyclic) bond motifs is 2. The van der Waals surface area contributed by atoms with Crippen LogP contribution in [0.15, 0.2) is 28.7 Å². The largest absolute Gasteiger partial charge is 0.348 e. The van der Waals surface area contributed by atoms with E-state index < -0.39 is 5.91 Å². The van der Waals surface area contributed by atoms with Gasteiger partial charge in [-0.15, -0.1) is 0 Å². The van der Waals surface area contributed by atoms with Gasteiger partial charge in [0.15, 0.2) is 5.82 Å². The Balaban J connectivity index is 1.42. The van der Waals surface area contributed by atoms with Crippen molar-refractivity contribution in [1.29, 1.82) is 0 Å². The van der Waals surface area contributed by atoms with Crippen molar-refractivity contribution < 1.29 is 9.59 Å². The summed E-state index contributed by atoms with van der Waals surface area (Å²) in [5.41, 5.74) is 0.632. The molecule has 28 heavy (non-hydrogen) atoms. The van der Waals surface area contributed by atoms with Crippen molar-refractivity contribution in [1.82, 2.24) is 20.4 Å². The number of nitrogens with one attached hydrogen (secondary N) is 3.